The van der Waals surface area contributed by atoms with Crippen molar-refractivity contribution in [2.45, 2.75) is 0 Å². The van der Waals surface area contributed by atoms with E-state index in [1.807, 2.05) is 0 Å². The smallest absolute Gasteiger partial charge is 0.0547 e. The van der Waals surface area contributed by atoms with Crippen molar-refractivity contribution >= 4 is 43.6 Å². The predicted molar refractivity (Wildman–Crippen MR) is 211 cm³/mol. The predicted octanol–water partition coefficient (Wildman–Crippen LogP) is 12.9. The number of hydrogen-bond donors (Lipinski definition) is 0. The quantitative estimate of drug-likeness (QED) is 0.178. The van der Waals surface area contributed by atoms with E-state index in [1.165, 1.54) is 82.7 Å². The van der Waals surface area contributed by atoms with Gasteiger partial charge >= 0.3 is 0 Å². The van der Waals surface area contributed by atoms with Crippen LogP contribution in [-0.2, 0) is 0 Å². The summed E-state index contributed by atoms with van der Waals surface area (Å²) in [6, 6.07) is 70.3. The highest BCUT2D eigenvalue weighted by Crippen LogP contribution is 2.41. The Morgan fingerprint density at radius 1 is 0.260 bits per heavy atom. The Morgan fingerprint density at radius 3 is 1.54 bits per heavy atom. The van der Waals surface area contributed by atoms with Crippen LogP contribution < -0.4 is 0 Å². The lowest BCUT2D eigenvalue weighted by Gasteiger charge is -2.12. The lowest BCUT2D eigenvalue weighted by molar-refractivity contribution is 1.18. The highest BCUT2D eigenvalue weighted by molar-refractivity contribution is 6.17. The van der Waals surface area contributed by atoms with Crippen molar-refractivity contribution in [2.24, 2.45) is 0 Å². The highest BCUT2D eigenvalue weighted by Gasteiger charge is 2.18. The molecule has 0 aliphatic carbocycles. The van der Waals surface area contributed by atoms with Crippen molar-refractivity contribution in [3.05, 3.63) is 194 Å². The fourth-order valence-corrected chi connectivity index (χ4v) is 7.84. The monoisotopic (exact) mass is 636 g/mol. The van der Waals surface area contributed by atoms with Gasteiger partial charge in [0.05, 0.1) is 22.1 Å². The second-order valence-electron chi connectivity index (χ2n) is 13.0. The van der Waals surface area contributed by atoms with Crippen molar-refractivity contribution in [2.75, 3.05) is 0 Å². The van der Waals surface area contributed by atoms with Crippen molar-refractivity contribution in [3.63, 3.8) is 0 Å². The second kappa shape index (κ2) is 11.5. The summed E-state index contributed by atoms with van der Waals surface area (Å²) in [4.78, 5) is 0. The van der Waals surface area contributed by atoms with Crippen LogP contribution in [0.1, 0.15) is 0 Å². The van der Waals surface area contributed by atoms with E-state index in [-0.39, 0.29) is 0 Å². The topological polar surface area (TPSA) is 9.86 Å². The number of hydrogen-bond acceptors (Lipinski definition) is 0. The summed E-state index contributed by atoms with van der Waals surface area (Å²) in [5.41, 5.74) is 14.5. The largest absolute Gasteiger partial charge is 0.309 e. The van der Waals surface area contributed by atoms with Crippen molar-refractivity contribution in [1.82, 2.24) is 9.13 Å². The van der Waals surface area contributed by atoms with Crippen molar-refractivity contribution in [1.29, 1.82) is 0 Å². The van der Waals surface area contributed by atoms with Gasteiger partial charge in [0, 0.05) is 32.9 Å². The highest BCUT2D eigenvalue weighted by atomic mass is 15.0. The molecule has 8 aromatic carbocycles. The summed E-state index contributed by atoms with van der Waals surface area (Å²) in [7, 11) is 0. The van der Waals surface area contributed by atoms with E-state index < -0.39 is 0 Å². The molecule has 0 aliphatic heterocycles. The fraction of sp³-hybridized carbons (Fsp3) is 0. The molecule has 10 rings (SSSR count). The second-order valence-corrected chi connectivity index (χ2v) is 13.0. The molecule has 0 aliphatic rings. The van der Waals surface area contributed by atoms with Crippen molar-refractivity contribution in [3.8, 4) is 44.8 Å². The average Bonchev–Trinajstić information content (AvgIpc) is 3.71. The lowest BCUT2D eigenvalue weighted by atomic mass is 9.98. The SMILES string of the molecule is c1ccc(-c2ccc(-c3cccc(-n4c5ccccc5c5c(-c6ccc7c(c6)c6ccccc6n7-c6ccccc6)cccc54)c3)cc2)cc1. The van der Waals surface area contributed by atoms with E-state index in [9.17, 15) is 0 Å². The summed E-state index contributed by atoms with van der Waals surface area (Å²) in [6.07, 6.45) is 0. The van der Waals surface area contributed by atoms with E-state index in [2.05, 4.69) is 203 Å². The normalized spacial score (nSPS) is 11.6. The van der Waals surface area contributed by atoms with Gasteiger partial charge in [0.2, 0.25) is 0 Å². The van der Waals surface area contributed by atoms with E-state index in [0.717, 1.165) is 5.69 Å². The minimum atomic E-state index is 1.15. The molecule has 0 amide bonds. The molecule has 2 heterocycles. The molecule has 0 fully saturated rings. The molecule has 0 spiro atoms. The van der Waals surface area contributed by atoms with Gasteiger partial charge in [0.25, 0.3) is 0 Å². The van der Waals surface area contributed by atoms with Crippen LogP contribution in [0, 0.1) is 0 Å². The van der Waals surface area contributed by atoms with Gasteiger partial charge in [0.1, 0.15) is 0 Å². The Bertz CT molecular complexity index is 2840. The molecule has 0 bridgehead atoms. The average molecular weight is 637 g/mol. The van der Waals surface area contributed by atoms with E-state index >= 15 is 0 Å². The van der Waals surface area contributed by atoms with Crippen LogP contribution in [0.25, 0.3) is 88.4 Å². The van der Waals surface area contributed by atoms with Gasteiger partial charge in [-0.3, -0.25) is 0 Å². The van der Waals surface area contributed by atoms with Crippen LogP contribution in [0.3, 0.4) is 0 Å². The maximum absolute atomic E-state index is 2.43. The number of aromatic nitrogens is 2. The Morgan fingerprint density at radius 2 is 0.760 bits per heavy atom. The van der Waals surface area contributed by atoms with Gasteiger partial charge in [-0.25, -0.2) is 0 Å². The number of benzene rings is 8. The molecule has 0 saturated carbocycles. The third kappa shape index (κ3) is 4.50. The standard InChI is InChI=1S/C48H32N2/c1-3-13-33(14-4-1)34-25-27-35(28-26-34)36-15-11-18-39(31-36)50-45-23-10-8-20-42(45)48-40(21-12-24-47(48)50)37-29-30-46-43(32-37)41-19-7-9-22-44(41)49(46)38-16-5-2-6-17-38/h1-32H. The zero-order valence-electron chi connectivity index (χ0n) is 27.4. The Labute approximate surface area is 290 Å². The van der Waals surface area contributed by atoms with Gasteiger partial charge in [-0.15, -0.1) is 0 Å². The van der Waals surface area contributed by atoms with Gasteiger partial charge < -0.3 is 9.13 Å². The molecule has 2 aromatic heterocycles. The molecule has 0 unspecified atom stereocenters. The van der Waals surface area contributed by atoms with Crippen LogP contribution in [-0.4, -0.2) is 9.13 Å². The third-order valence-electron chi connectivity index (χ3n) is 10.1. The third-order valence-corrected chi connectivity index (χ3v) is 10.1. The number of nitrogens with zero attached hydrogens (tertiary/aromatic N) is 2. The van der Waals surface area contributed by atoms with E-state index in [0.29, 0.717) is 0 Å². The van der Waals surface area contributed by atoms with Crippen LogP contribution in [0.5, 0.6) is 0 Å². The van der Waals surface area contributed by atoms with E-state index in [4.69, 9.17) is 0 Å². The molecule has 2 heteroatoms. The first-order chi connectivity index (χ1) is 24.8. The summed E-state index contributed by atoms with van der Waals surface area (Å²) < 4.78 is 4.80. The molecule has 0 N–H and O–H groups in total. The molecule has 2 nitrogen and oxygen atoms in total. The van der Waals surface area contributed by atoms with Crippen LogP contribution >= 0.6 is 0 Å². The molecule has 0 saturated heterocycles. The number of rotatable bonds is 5. The Hall–Kier alpha value is -6.64. The molecule has 0 atom stereocenters. The first-order valence-corrected chi connectivity index (χ1v) is 17.2. The minimum Gasteiger partial charge on any atom is -0.309 e. The minimum absolute atomic E-state index is 1.15. The van der Waals surface area contributed by atoms with Gasteiger partial charge in [-0.1, -0.05) is 140 Å². The summed E-state index contributed by atoms with van der Waals surface area (Å²) in [5.74, 6) is 0. The maximum atomic E-state index is 2.43. The molecule has 234 valence electrons. The maximum Gasteiger partial charge on any atom is 0.0547 e. The number of fused-ring (bicyclic) bond motifs is 6. The number of para-hydroxylation sites is 3. The molecule has 10 aromatic rings. The zero-order valence-corrected chi connectivity index (χ0v) is 27.4. The zero-order chi connectivity index (χ0) is 33.0. The first kappa shape index (κ1) is 28.4. The van der Waals surface area contributed by atoms with Crippen LogP contribution in [0.2, 0.25) is 0 Å². The van der Waals surface area contributed by atoms with Gasteiger partial charge in [-0.05, 0) is 88.0 Å². The Kier molecular flexibility index (Phi) is 6.53. The van der Waals surface area contributed by atoms with Gasteiger partial charge in [0.15, 0.2) is 0 Å². The molecule has 50 heavy (non-hydrogen) atoms. The first-order valence-electron chi connectivity index (χ1n) is 17.2. The summed E-state index contributed by atoms with van der Waals surface area (Å²) in [6.45, 7) is 0. The van der Waals surface area contributed by atoms with Gasteiger partial charge in [-0.2, -0.15) is 0 Å². The van der Waals surface area contributed by atoms with Crippen molar-refractivity contribution < 1.29 is 0 Å². The molecular formula is C48H32N2. The fourth-order valence-electron chi connectivity index (χ4n) is 7.84. The van der Waals surface area contributed by atoms with Crippen LogP contribution in [0.15, 0.2) is 194 Å². The summed E-state index contributed by atoms with van der Waals surface area (Å²) in [5, 5.41) is 5.04. The van der Waals surface area contributed by atoms with Crippen LogP contribution in [0.4, 0.5) is 0 Å². The molecular weight excluding hydrogens is 605 g/mol. The lowest BCUT2D eigenvalue weighted by Crippen LogP contribution is -1.94. The summed E-state index contributed by atoms with van der Waals surface area (Å²) >= 11 is 0. The Balaban J connectivity index is 1.13. The van der Waals surface area contributed by atoms with E-state index in [1.54, 1.807) is 0 Å². The molecule has 0 radical (unpaired) electrons.